The lowest BCUT2D eigenvalue weighted by atomic mass is 10.1. The molecule has 0 aliphatic carbocycles. The molecule has 0 saturated heterocycles. The zero-order valence-electron chi connectivity index (χ0n) is 15.1. The van der Waals surface area contributed by atoms with Gasteiger partial charge in [0.25, 0.3) is 0 Å². The van der Waals surface area contributed by atoms with E-state index in [1.54, 1.807) is 19.5 Å². The summed E-state index contributed by atoms with van der Waals surface area (Å²) >= 11 is 12.5. The Hall–Kier alpha value is -2.82. The van der Waals surface area contributed by atoms with E-state index in [9.17, 15) is 0 Å². The Morgan fingerprint density at radius 1 is 0.964 bits per heavy atom. The van der Waals surface area contributed by atoms with E-state index in [2.05, 4.69) is 10.3 Å². The third-order valence-electron chi connectivity index (χ3n) is 4.45. The number of fused-ring (bicyclic) bond motifs is 1. The van der Waals surface area contributed by atoms with Crippen molar-refractivity contribution in [3.05, 3.63) is 82.6 Å². The van der Waals surface area contributed by atoms with Gasteiger partial charge in [-0.3, -0.25) is 4.98 Å². The van der Waals surface area contributed by atoms with Gasteiger partial charge >= 0.3 is 0 Å². The summed E-state index contributed by atoms with van der Waals surface area (Å²) in [6.45, 7) is 0.602. The number of hydrogen-bond donors (Lipinski definition) is 1. The second-order valence-electron chi connectivity index (χ2n) is 6.27. The van der Waals surface area contributed by atoms with E-state index in [-0.39, 0.29) is 0 Å². The van der Waals surface area contributed by atoms with Crippen LogP contribution in [0.15, 0.2) is 67.0 Å². The van der Waals surface area contributed by atoms with Crippen LogP contribution in [-0.2, 0) is 6.54 Å². The minimum atomic E-state index is 0.585. The van der Waals surface area contributed by atoms with Crippen LogP contribution in [0.3, 0.4) is 0 Å². The maximum Gasteiger partial charge on any atom is 0.137 e. The molecular weight excluding hydrogens is 393 g/mol. The van der Waals surface area contributed by atoms with Crippen LogP contribution < -0.4 is 10.1 Å². The minimum absolute atomic E-state index is 0.585. The SMILES string of the molecule is COc1ccc(CNc2cc(-c3ccncc3)nc3ccc(Cl)cc23)cc1Cl. The van der Waals surface area contributed by atoms with Crippen molar-refractivity contribution in [1.29, 1.82) is 0 Å². The predicted molar refractivity (Wildman–Crippen MR) is 115 cm³/mol. The van der Waals surface area contributed by atoms with Crippen LogP contribution in [0.4, 0.5) is 5.69 Å². The van der Waals surface area contributed by atoms with Crippen molar-refractivity contribution in [2.75, 3.05) is 12.4 Å². The molecule has 4 rings (SSSR count). The number of aromatic nitrogens is 2. The van der Waals surface area contributed by atoms with Crippen molar-refractivity contribution in [1.82, 2.24) is 9.97 Å². The van der Waals surface area contributed by atoms with Gasteiger partial charge in [-0.15, -0.1) is 0 Å². The molecule has 0 fully saturated rings. The molecule has 2 heterocycles. The lowest BCUT2D eigenvalue weighted by molar-refractivity contribution is 0.415. The number of rotatable bonds is 5. The average Bonchev–Trinajstić information content (AvgIpc) is 2.72. The third-order valence-corrected chi connectivity index (χ3v) is 4.98. The van der Waals surface area contributed by atoms with Gasteiger partial charge in [0, 0.05) is 40.6 Å². The van der Waals surface area contributed by atoms with E-state index < -0.39 is 0 Å². The average molecular weight is 410 g/mol. The first-order valence-electron chi connectivity index (χ1n) is 8.71. The number of hydrogen-bond acceptors (Lipinski definition) is 4. The number of halogens is 2. The van der Waals surface area contributed by atoms with E-state index in [0.717, 1.165) is 33.4 Å². The maximum atomic E-state index is 6.25. The van der Waals surface area contributed by atoms with E-state index in [0.29, 0.717) is 22.3 Å². The monoisotopic (exact) mass is 409 g/mol. The Bertz CT molecular complexity index is 1130. The van der Waals surface area contributed by atoms with E-state index in [4.69, 9.17) is 32.9 Å². The van der Waals surface area contributed by atoms with Crippen LogP contribution in [0.5, 0.6) is 5.75 Å². The number of benzene rings is 2. The molecule has 0 spiro atoms. The summed E-state index contributed by atoms with van der Waals surface area (Å²) in [5.74, 6) is 0.659. The Morgan fingerprint density at radius 3 is 2.54 bits per heavy atom. The first kappa shape index (κ1) is 18.5. The van der Waals surface area contributed by atoms with Crippen LogP contribution >= 0.6 is 23.2 Å². The van der Waals surface area contributed by atoms with Gasteiger partial charge in [0.05, 0.1) is 23.3 Å². The van der Waals surface area contributed by atoms with Crippen molar-refractivity contribution in [3.8, 4) is 17.0 Å². The second-order valence-corrected chi connectivity index (χ2v) is 7.12. The summed E-state index contributed by atoms with van der Waals surface area (Å²) < 4.78 is 5.22. The largest absolute Gasteiger partial charge is 0.495 e. The van der Waals surface area contributed by atoms with Gasteiger partial charge in [-0.05, 0) is 54.1 Å². The molecule has 28 heavy (non-hydrogen) atoms. The number of pyridine rings is 2. The molecular formula is C22H17Cl2N3O. The van der Waals surface area contributed by atoms with Gasteiger partial charge in [-0.2, -0.15) is 0 Å². The smallest absolute Gasteiger partial charge is 0.137 e. The Morgan fingerprint density at radius 2 is 1.79 bits per heavy atom. The zero-order valence-corrected chi connectivity index (χ0v) is 16.6. The summed E-state index contributed by atoms with van der Waals surface area (Å²) in [5, 5.41) is 5.71. The van der Waals surface area contributed by atoms with Gasteiger partial charge in [0.1, 0.15) is 5.75 Å². The Balaban J connectivity index is 1.72. The van der Waals surface area contributed by atoms with Gasteiger partial charge in [-0.25, -0.2) is 4.98 Å². The molecule has 2 aromatic heterocycles. The highest BCUT2D eigenvalue weighted by Crippen LogP contribution is 2.31. The molecule has 0 aliphatic rings. The highest BCUT2D eigenvalue weighted by Gasteiger charge is 2.09. The normalized spacial score (nSPS) is 10.8. The number of anilines is 1. The lowest BCUT2D eigenvalue weighted by Gasteiger charge is -2.13. The van der Waals surface area contributed by atoms with E-state index >= 15 is 0 Å². The molecule has 0 atom stereocenters. The molecule has 0 amide bonds. The molecule has 0 bridgehead atoms. The highest BCUT2D eigenvalue weighted by atomic mass is 35.5. The zero-order chi connectivity index (χ0) is 19.5. The minimum Gasteiger partial charge on any atom is -0.495 e. The molecule has 6 heteroatoms. The van der Waals surface area contributed by atoms with Crippen LogP contribution in [0, 0.1) is 0 Å². The highest BCUT2D eigenvalue weighted by molar-refractivity contribution is 6.32. The van der Waals surface area contributed by atoms with Gasteiger partial charge < -0.3 is 10.1 Å². The lowest BCUT2D eigenvalue weighted by Crippen LogP contribution is -2.02. The van der Waals surface area contributed by atoms with E-state index in [1.807, 2.05) is 54.6 Å². The van der Waals surface area contributed by atoms with Gasteiger partial charge in [0.15, 0.2) is 0 Å². The first-order chi connectivity index (χ1) is 13.6. The molecule has 0 unspecified atom stereocenters. The van der Waals surface area contributed by atoms with Gasteiger partial charge in [-0.1, -0.05) is 29.3 Å². The Kier molecular flexibility index (Phi) is 5.33. The van der Waals surface area contributed by atoms with Crippen molar-refractivity contribution in [2.24, 2.45) is 0 Å². The van der Waals surface area contributed by atoms with Crippen LogP contribution in [0.25, 0.3) is 22.2 Å². The molecule has 0 radical (unpaired) electrons. The maximum absolute atomic E-state index is 6.25. The van der Waals surface area contributed by atoms with Crippen LogP contribution in [-0.4, -0.2) is 17.1 Å². The quantitative estimate of drug-likeness (QED) is 0.424. The topological polar surface area (TPSA) is 47.0 Å². The summed E-state index contributed by atoms with van der Waals surface area (Å²) in [4.78, 5) is 8.86. The predicted octanol–water partition coefficient (Wildman–Crippen LogP) is 6.22. The first-order valence-corrected chi connectivity index (χ1v) is 9.46. The fourth-order valence-electron chi connectivity index (χ4n) is 3.03. The number of nitrogens with zero attached hydrogens (tertiary/aromatic N) is 2. The fourth-order valence-corrected chi connectivity index (χ4v) is 3.48. The number of methoxy groups -OCH3 is 1. The molecule has 2 aromatic carbocycles. The van der Waals surface area contributed by atoms with Crippen molar-refractivity contribution in [2.45, 2.75) is 6.54 Å². The summed E-state index contributed by atoms with van der Waals surface area (Å²) in [6.07, 6.45) is 3.52. The molecule has 4 nitrogen and oxygen atoms in total. The Labute approximate surface area is 173 Å². The molecule has 0 aliphatic heterocycles. The van der Waals surface area contributed by atoms with Crippen molar-refractivity contribution in [3.63, 3.8) is 0 Å². The molecule has 4 aromatic rings. The summed E-state index contributed by atoms with van der Waals surface area (Å²) in [5.41, 5.74) is 4.73. The number of ether oxygens (including phenoxy) is 1. The van der Waals surface area contributed by atoms with Crippen molar-refractivity contribution >= 4 is 39.8 Å². The molecule has 1 N–H and O–H groups in total. The van der Waals surface area contributed by atoms with Crippen LogP contribution in [0.1, 0.15) is 5.56 Å². The molecule has 140 valence electrons. The standard InChI is InChI=1S/C22H17Cl2N3O/c1-28-22-5-2-14(10-18(22)24)13-26-21-12-20(15-6-8-25-9-7-15)27-19-4-3-16(23)11-17(19)21/h2-12H,13H2,1H3,(H,26,27). The second kappa shape index (κ2) is 8.05. The summed E-state index contributed by atoms with van der Waals surface area (Å²) in [7, 11) is 1.60. The number of nitrogens with one attached hydrogen (secondary N) is 1. The van der Waals surface area contributed by atoms with Crippen LogP contribution in [0.2, 0.25) is 10.0 Å². The van der Waals surface area contributed by atoms with E-state index in [1.165, 1.54) is 0 Å². The third kappa shape index (κ3) is 3.88. The van der Waals surface area contributed by atoms with Crippen molar-refractivity contribution < 1.29 is 4.74 Å². The molecule has 0 saturated carbocycles. The fraction of sp³-hybridized carbons (Fsp3) is 0.0909. The summed E-state index contributed by atoms with van der Waals surface area (Å²) in [6, 6.07) is 17.4. The van der Waals surface area contributed by atoms with Gasteiger partial charge in [0.2, 0.25) is 0 Å².